The highest BCUT2D eigenvalue weighted by Crippen LogP contribution is 2.41. The number of hydrogen-bond donors (Lipinski definition) is 1. The average molecular weight is 531 g/mol. The highest BCUT2D eigenvalue weighted by atomic mass is 35.5. The molecule has 194 valence electrons. The van der Waals surface area contributed by atoms with Crippen LogP contribution in [0.3, 0.4) is 0 Å². The van der Waals surface area contributed by atoms with E-state index in [0.717, 1.165) is 42.8 Å². The molecule has 1 saturated heterocycles. The first-order valence-corrected chi connectivity index (χ1v) is 12.6. The van der Waals surface area contributed by atoms with E-state index in [-0.39, 0.29) is 0 Å². The standard InChI is InChI=1S/C27H27ClN8O2/c1-34-8-10-35(11-9-34)19-6-4-18(5-7-19)31-27-29-15-17-12-22(26-33-30-16-36(26)25(17)32-27)21-13-20(37-2)14-23(38-3)24(21)28/h4-7,12-16H,8-11H2,1-3H3,(H,29,31,32). The zero-order chi connectivity index (χ0) is 26.2. The van der Waals surface area contributed by atoms with Crippen molar-refractivity contribution in [2.24, 2.45) is 0 Å². The third-order valence-corrected chi connectivity index (χ3v) is 7.25. The van der Waals surface area contributed by atoms with E-state index in [1.165, 1.54) is 5.69 Å². The van der Waals surface area contributed by atoms with Crippen LogP contribution in [-0.2, 0) is 0 Å². The number of nitrogens with zero attached hydrogens (tertiary/aromatic N) is 7. The number of likely N-dealkylation sites (N-methyl/N-ethyl adjacent to an activating group) is 1. The Balaban J connectivity index is 1.33. The lowest BCUT2D eigenvalue weighted by atomic mass is 10.0. The minimum Gasteiger partial charge on any atom is -0.497 e. The van der Waals surface area contributed by atoms with Gasteiger partial charge in [-0.1, -0.05) is 11.6 Å². The first-order valence-electron chi connectivity index (χ1n) is 12.3. The van der Waals surface area contributed by atoms with Crippen LogP contribution in [-0.4, -0.2) is 76.9 Å². The second-order valence-electron chi connectivity index (χ2n) is 9.21. The maximum absolute atomic E-state index is 6.69. The molecule has 1 aliphatic heterocycles. The van der Waals surface area contributed by atoms with Crippen LogP contribution >= 0.6 is 11.6 Å². The number of halogens is 1. The lowest BCUT2D eigenvalue weighted by Crippen LogP contribution is -2.44. The molecule has 0 amide bonds. The largest absolute Gasteiger partial charge is 0.497 e. The maximum atomic E-state index is 6.69. The summed E-state index contributed by atoms with van der Waals surface area (Å²) in [7, 11) is 5.33. The molecule has 5 aromatic rings. The van der Waals surface area contributed by atoms with E-state index < -0.39 is 0 Å². The van der Waals surface area contributed by atoms with E-state index in [1.807, 2.05) is 16.5 Å². The monoisotopic (exact) mass is 530 g/mol. The van der Waals surface area contributed by atoms with Crippen molar-refractivity contribution in [2.75, 3.05) is 57.7 Å². The molecule has 1 fully saturated rings. The van der Waals surface area contributed by atoms with Crippen LogP contribution in [0.2, 0.25) is 5.02 Å². The summed E-state index contributed by atoms with van der Waals surface area (Å²) in [6, 6.07) is 13.9. The molecular weight excluding hydrogens is 504 g/mol. The number of aromatic nitrogens is 5. The second-order valence-corrected chi connectivity index (χ2v) is 9.59. The Morgan fingerprint density at radius 3 is 2.45 bits per heavy atom. The fraction of sp³-hybridized carbons (Fsp3) is 0.259. The summed E-state index contributed by atoms with van der Waals surface area (Å²) in [4.78, 5) is 14.1. The first-order chi connectivity index (χ1) is 18.5. The van der Waals surface area contributed by atoms with Gasteiger partial charge < -0.3 is 24.6 Å². The Hall–Kier alpha value is -4.15. The molecule has 0 atom stereocenters. The van der Waals surface area contributed by atoms with Gasteiger partial charge in [-0.05, 0) is 43.4 Å². The Morgan fingerprint density at radius 2 is 1.71 bits per heavy atom. The predicted molar refractivity (Wildman–Crippen MR) is 149 cm³/mol. The number of piperazine rings is 1. The Kier molecular flexibility index (Phi) is 6.34. The fourth-order valence-electron chi connectivity index (χ4n) is 4.71. The molecule has 0 unspecified atom stereocenters. The molecule has 0 bridgehead atoms. The Bertz CT molecular complexity index is 1610. The van der Waals surface area contributed by atoms with Crippen molar-refractivity contribution in [3.63, 3.8) is 0 Å². The van der Waals surface area contributed by atoms with E-state index in [4.69, 9.17) is 26.1 Å². The highest BCUT2D eigenvalue weighted by Gasteiger charge is 2.19. The minimum atomic E-state index is 0.455. The molecule has 4 heterocycles. The van der Waals surface area contributed by atoms with Crippen LogP contribution in [0.5, 0.6) is 11.5 Å². The first kappa shape index (κ1) is 24.2. The van der Waals surface area contributed by atoms with Gasteiger partial charge in [-0.3, -0.25) is 4.40 Å². The molecule has 2 aromatic carbocycles. The molecule has 0 saturated carbocycles. The fourth-order valence-corrected chi connectivity index (χ4v) is 5.00. The Morgan fingerprint density at radius 1 is 0.921 bits per heavy atom. The molecule has 3 aromatic heterocycles. The topological polar surface area (TPSA) is 92.9 Å². The minimum absolute atomic E-state index is 0.455. The third-order valence-electron chi connectivity index (χ3n) is 6.86. The van der Waals surface area contributed by atoms with Gasteiger partial charge in [0.15, 0.2) is 11.3 Å². The predicted octanol–water partition coefficient (Wildman–Crippen LogP) is 4.51. The molecule has 1 N–H and O–H groups in total. The lowest BCUT2D eigenvalue weighted by Gasteiger charge is -2.34. The number of hydrogen-bond acceptors (Lipinski definition) is 9. The summed E-state index contributed by atoms with van der Waals surface area (Å²) in [6.07, 6.45) is 3.41. The number of rotatable bonds is 6. The van der Waals surface area contributed by atoms with E-state index in [0.29, 0.717) is 39.3 Å². The Labute approximate surface area is 224 Å². The summed E-state index contributed by atoms with van der Waals surface area (Å²) < 4.78 is 12.7. The molecule has 1 aliphatic rings. The van der Waals surface area contributed by atoms with Gasteiger partial charge in [-0.2, -0.15) is 4.98 Å². The summed E-state index contributed by atoms with van der Waals surface area (Å²) >= 11 is 6.69. The maximum Gasteiger partial charge on any atom is 0.229 e. The quantitative estimate of drug-likeness (QED) is 0.340. The zero-order valence-electron chi connectivity index (χ0n) is 21.3. The van der Waals surface area contributed by atoms with Gasteiger partial charge in [-0.15, -0.1) is 10.2 Å². The van der Waals surface area contributed by atoms with Crippen molar-refractivity contribution in [3.8, 4) is 22.6 Å². The van der Waals surface area contributed by atoms with Gasteiger partial charge in [-0.25, -0.2) is 4.98 Å². The van der Waals surface area contributed by atoms with Crippen LogP contribution in [0.4, 0.5) is 17.3 Å². The smallest absolute Gasteiger partial charge is 0.229 e. The number of benzene rings is 2. The van der Waals surface area contributed by atoms with Crippen molar-refractivity contribution in [1.29, 1.82) is 0 Å². The highest BCUT2D eigenvalue weighted by molar-refractivity contribution is 6.35. The molecule has 10 nitrogen and oxygen atoms in total. The van der Waals surface area contributed by atoms with E-state index in [9.17, 15) is 0 Å². The van der Waals surface area contributed by atoms with Gasteiger partial charge in [0.25, 0.3) is 0 Å². The lowest BCUT2D eigenvalue weighted by molar-refractivity contribution is 0.313. The number of pyridine rings is 1. The number of methoxy groups -OCH3 is 2. The van der Waals surface area contributed by atoms with Crippen LogP contribution in [0.1, 0.15) is 0 Å². The summed E-state index contributed by atoms with van der Waals surface area (Å²) in [5, 5.41) is 13.1. The average Bonchev–Trinajstić information content (AvgIpc) is 3.44. The van der Waals surface area contributed by atoms with Crippen molar-refractivity contribution < 1.29 is 9.47 Å². The molecule has 11 heteroatoms. The number of ether oxygens (including phenoxy) is 2. The summed E-state index contributed by atoms with van der Waals surface area (Å²) in [6.45, 7) is 4.20. The molecule has 0 aliphatic carbocycles. The summed E-state index contributed by atoms with van der Waals surface area (Å²) in [5.41, 5.74) is 4.89. The van der Waals surface area contributed by atoms with Crippen molar-refractivity contribution in [2.45, 2.75) is 0 Å². The number of nitrogens with one attached hydrogen (secondary N) is 1. The second kappa shape index (κ2) is 9.96. The molecule has 38 heavy (non-hydrogen) atoms. The van der Waals surface area contributed by atoms with Gasteiger partial charge in [0.1, 0.15) is 17.8 Å². The van der Waals surface area contributed by atoms with Gasteiger partial charge in [0, 0.05) is 66.3 Å². The third kappa shape index (κ3) is 4.42. The van der Waals surface area contributed by atoms with Gasteiger partial charge >= 0.3 is 0 Å². The molecular formula is C27H27ClN8O2. The van der Waals surface area contributed by atoms with E-state index >= 15 is 0 Å². The van der Waals surface area contributed by atoms with Crippen molar-refractivity contribution in [3.05, 3.63) is 60.0 Å². The molecule has 6 rings (SSSR count). The van der Waals surface area contributed by atoms with Crippen LogP contribution < -0.4 is 19.7 Å². The molecule has 0 spiro atoms. The normalized spacial score (nSPS) is 14.3. The SMILES string of the molecule is COc1cc(OC)c(Cl)c(-c2cc3cnc(Nc4ccc(N5CCN(C)CC5)cc4)nc3n3cnnc23)c1. The van der Waals surface area contributed by atoms with Gasteiger partial charge in [0.2, 0.25) is 5.95 Å². The van der Waals surface area contributed by atoms with Gasteiger partial charge in [0.05, 0.1) is 19.2 Å². The van der Waals surface area contributed by atoms with Crippen LogP contribution in [0, 0.1) is 0 Å². The van der Waals surface area contributed by atoms with E-state index in [1.54, 1.807) is 32.8 Å². The number of fused-ring (bicyclic) bond motifs is 3. The summed E-state index contributed by atoms with van der Waals surface area (Å²) in [5.74, 6) is 1.61. The van der Waals surface area contributed by atoms with Crippen molar-refractivity contribution in [1.82, 2.24) is 29.5 Å². The van der Waals surface area contributed by atoms with Crippen LogP contribution in [0.25, 0.3) is 27.8 Å². The van der Waals surface area contributed by atoms with E-state index in [2.05, 4.69) is 61.6 Å². The number of anilines is 3. The molecule has 0 radical (unpaired) electrons. The zero-order valence-corrected chi connectivity index (χ0v) is 22.1. The van der Waals surface area contributed by atoms with Crippen molar-refractivity contribution >= 4 is 45.6 Å². The van der Waals surface area contributed by atoms with Crippen LogP contribution in [0.15, 0.2) is 55.0 Å².